The second kappa shape index (κ2) is 17.2. The van der Waals surface area contributed by atoms with Gasteiger partial charge in [0.15, 0.2) is 0 Å². The number of carbonyl (C=O) groups excluding carboxylic acids is 5. The van der Waals surface area contributed by atoms with Gasteiger partial charge in [-0.15, -0.1) is 0 Å². The lowest BCUT2D eigenvalue weighted by Crippen LogP contribution is -2.57. The average Bonchev–Trinajstić information content (AvgIpc) is 2.81. The highest BCUT2D eigenvalue weighted by atomic mass is 16.4. The summed E-state index contributed by atoms with van der Waals surface area (Å²) in [6.45, 7) is 3.82. The second-order valence-corrected chi connectivity index (χ2v) is 8.73. The van der Waals surface area contributed by atoms with Crippen molar-refractivity contribution in [3.8, 4) is 0 Å². The van der Waals surface area contributed by atoms with Gasteiger partial charge in [0.05, 0.1) is 6.04 Å². The van der Waals surface area contributed by atoms with Gasteiger partial charge in [0, 0.05) is 12.8 Å². The molecule has 0 aliphatic heterocycles. The molecule has 5 unspecified atom stereocenters. The number of hydrogen-bond donors (Lipinski definition) is 8. The first-order chi connectivity index (χ1) is 16.8. The quantitative estimate of drug-likeness (QED) is 0.0848. The predicted molar refractivity (Wildman–Crippen MR) is 131 cm³/mol. The lowest BCUT2D eigenvalue weighted by molar-refractivity contribution is -0.144. The smallest absolute Gasteiger partial charge is 0.326 e. The van der Waals surface area contributed by atoms with Gasteiger partial charge in [0.25, 0.3) is 0 Å². The van der Waals surface area contributed by atoms with Crippen LogP contribution in [0.15, 0.2) is 0 Å². The van der Waals surface area contributed by atoms with Gasteiger partial charge in [-0.1, -0.05) is 20.3 Å². The molecule has 14 heteroatoms. The summed E-state index contributed by atoms with van der Waals surface area (Å²) in [5.41, 5.74) is 21.5. The van der Waals surface area contributed by atoms with Crippen LogP contribution in [0, 0.1) is 5.92 Å². The Hall–Kier alpha value is -3.26. The van der Waals surface area contributed by atoms with E-state index in [1.807, 2.05) is 0 Å². The van der Waals surface area contributed by atoms with Crippen LogP contribution >= 0.6 is 0 Å². The third-order valence-corrected chi connectivity index (χ3v) is 5.71. The maximum atomic E-state index is 13.0. The van der Waals surface area contributed by atoms with Crippen molar-refractivity contribution in [3.05, 3.63) is 0 Å². The minimum absolute atomic E-state index is 0.0539. The number of hydrogen-bond acceptors (Lipinski definition) is 8. The van der Waals surface area contributed by atoms with E-state index in [9.17, 15) is 33.9 Å². The molecule has 206 valence electrons. The molecule has 36 heavy (non-hydrogen) atoms. The molecule has 0 aliphatic rings. The minimum Gasteiger partial charge on any atom is -0.480 e. The topological polar surface area (TPSA) is 263 Å². The van der Waals surface area contributed by atoms with Gasteiger partial charge in [-0.05, 0) is 44.6 Å². The lowest BCUT2D eigenvalue weighted by Gasteiger charge is -2.26. The normalized spacial score (nSPS) is 15.0. The molecule has 0 radical (unpaired) electrons. The van der Waals surface area contributed by atoms with E-state index >= 15 is 0 Å². The molecular weight excluding hydrogens is 474 g/mol. The Morgan fingerprint density at radius 3 is 1.78 bits per heavy atom. The predicted octanol–water partition coefficient (Wildman–Crippen LogP) is -2.44. The van der Waals surface area contributed by atoms with Crippen molar-refractivity contribution in [1.82, 2.24) is 16.0 Å². The Labute approximate surface area is 210 Å². The maximum Gasteiger partial charge on any atom is 0.326 e. The lowest BCUT2D eigenvalue weighted by atomic mass is 9.98. The standard InChI is InChI=1S/C22H41N7O7/c1-3-12(2)18(22(35)36)29-21(34)14(6-4-5-11-23)28-20(33)15(8-10-17(26)31)27-19(32)13(24)7-9-16(25)30/h12-15,18H,3-11,23-24H2,1-2H3,(H2,25,30)(H2,26,31)(H,27,32)(H,28,33)(H,29,34)(H,35,36). The molecular formula is C22H41N7O7. The van der Waals surface area contributed by atoms with Gasteiger partial charge in [0.1, 0.15) is 18.1 Å². The Balaban J connectivity index is 5.61. The summed E-state index contributed by atoms with van der Waals surface area (Å²) in [6.07, 6.45) is 1.08. The number of nitrogens with one attached hydrogen (secondary N) is 3. The minimum atomic E-state index is -1.26. The zero-order valence-electron chi connectivity index (χ0n) is 21.0. The maximum absolute atomic E-state index is 13.0. The van der Waals surface area contributed by atoms with E-state index in [4.69, 9.17) is 22.9 Å². The van der Waals surface area contributed by atoms with Crippen molar-refractivity contribution in [3.63, 3.8) is 0 Å². The molecule has 0 aromatic rings. The third kappa shape index (κ3) is 13.0. The summed E-state index contributed by atoms with van der Waals surface area (Å²) in [6, 6.07) is -4.69. The van der Waals surface area contributed by atoms with Gasteiger partial charge in [0.2, 0.25) is 29.5 Å². The summed E-state index contributed by atoms with van der Waals surface area (Å²) < 4.78 is 0. The molecule has 5 atom stereocenters. The number of carboxylic acids is 1. The molecule has 0 saturated heterocycles. The molecule has 0 fully saturated rings. The van der Waals surface area contributed by atoms with E-state index in [0.29, 0.717) is 25.8 Å². The Morgan fingerprint density at radius 1 is 0.778 bits per heavy atom. The molecule has 0 rings (SSSR count). The SMILES string of the molecule is CCC(C)C(NC(=O)C(CCCCN)NC(=O)C(CCC(N)=O)NC(=O)C(N)CCC(N)=O)C(=O)O. The van der Waals surface area contributed by atoms with Crippen molar-refractivity contribution < 1.29 is 33.9 Å². The number of carboxylic acid groups (broad SMARTS) is 1. The largest absolute Gasteiger partial charge is 0.480 e. The molecule has 0 aromatic heterocycles. The van der Waals surface area contributed by atoms with Crippen LogP contribution < -0.4 is 38.9 Å². The molecule has 12 N–H and O–H groups in total. The zero-order chi connectivity index (χ0) is 27.8. The van der Waals surface area contributed by atoms with Gasteiger partial charge >= 0.3 is 5.97 Å². The highest BCUT2D eigenvalue weighted by molar-refractivity contribution is 5.94. The van der Waals surface area contributed by atoms with Gasteiger partial charge in [-0.2, -0.15) is 0 Å². The van der Waals surface area contributed by atoms with Crippen LogP contribution in [0.4, 0.5) is 0 Å². The summed E-state index contributed by atoms with van der Waals surface area (Å²) in [5, 5.41) is 16.9. The number of nitrogens with two attached hydrogens (primary N) is 4. The fraction of sp³-hybridized carbons (Fsp3) is 0.727. The van der Waals surface area contributed by atoms with Gasteiger partial charge in [-0.25, -0.2) is 4.79 Å². The Bertz CT molecular complexity index is 778. The summed E-state index contributed by atoms with van der Waals surface area (Å²) in [5.74, 6) is -5.17. The number of amides is 5. The van der Waals surface area contributed by atoms with Crippen LogP contribution in [0.25, 0.3) is 0 Å². The van der Waals surface area contributed by atoms with E-state index in [1.165, 1.54) is 0 Å². The molecule has 0 saturated carbocycles. The van der Waals surface area contributed by atoms with Crippen LogP contribution in [0.2, 0.25) is 0 Å². The van der Waals surface area contributed by atoms with E-state index in [0.717, 1.165) is 0 Å². The first-order valence-corrected chi connectivity index (χ1v) is 12.0. The number of unbranched alkanes of at least 4 members (excludes halogenated alkanes) is 1. The summed E-state index contributed by atoms with van der Waals surface area (Å²) in [7, 11) is 0. The van der Waals surface area contributed by atoms with Crippen molar-refractivity contribution >= 4 is 35.5 Å². The van der Waals surface area contributed by atoms with Crippen LogP contribution in [-0.4, -0.2) is 71.3 Å². The molecule has 14 nitrogen and oxygen atoms in total. The number of rotatable bonds is 19. The highest BCUT2D eigenvalue weighted by Crippen LogP contribution is 2.10. The number of carbonyl (C=O) groups is 6. The molecule has 0 heterocycles. The van der Waals surface area contributed by atoms with E-state index in [2.05, 4.69) is 16.0 Å². The van der Waals surface area contributed by atoms with Crippen molar-refractivity contribution in [2.75, 3.05) is 6.54 Å². The third-order valence-electron chi connectivity index (χ3n) is 5.71. The van der Waals surface area contributed by atoms with Crippen LogP contribution in [-0.2, 0) is 28.8 Å². The molecule has 0 bridgehead atoms. The molecule has 0 aromatic carbocycles. The Morgan fingerprint density at radius 2 is 1.28 bits per heavy atom. The monoisotopic (exact) mass is 515 g/mol. The summed E-state index contributed by atoms with van der Waals surface area (Å²) in [4.78, 5) is 72.2. The first-order valence-electron chi connectivity index (χ1n) is 12.0. The summed E-state index contributed by atoms with van der Waals surface area (Å²) >= 11 is 0. The van der Waals surface area contributed by atoms with Crippen LogP contribution in [0.3, 0.4) is 0 Å². The fourth-order valence-electron chi connectivity index (χ4n) is 3.23. The first kappa shape index (κ1) is 32.7. The number of aliphatic carboxylic acids is 1. The van der Waals surface area contributed by atoms with Crippen LogP contribution in [0.1, 0.15) is 65.2 Å². The van der Waals surface area contributed by atoms with Crippen molar-refractivity contribution in [1.29, 1.82) is 0 Å². The molecule has 0 aliphatic carbocycles. The fourth-order valence-corrected chi connectivity index (χ4v) is 3.23. The Kier molecular flexibility index (Phi) is 15.7. The highest BCUT2D eigenvalue weighted by Gasteiger charge is 2.31. The average molecular weight is 516 g/mol. The molecule has 0 spiro atoms. The van der Waals surface area contributed by atoms with Crippen molar-refractivity contribution in [2.24, 2.45) is 28.9 Å². The number of primary amides is 2. The molecule has 5 amide bonds. The van der Waals surface area contributed by atoms with Crippen molar-refractivity contribution in [2.45, 2.75) is 89.4 Å². The van der Waals surface area contributed by atoms with E-state index < -0.39 is 59.7 Å². The zero-order valence-corrected chi connectivity index (χ0v) is 21.0. The van der Waals surface area contributed by atoms with Crippen LogP contribution in [0.5, 0.6) is 0 Å². The second-order valence-electron chi connectivity index (χ2n) is 8.73. The van der Waals surface area contributed by atoms with Gasteiger partial charge < -0.3 is 44.0 Å². The van der Waals surface area contributed by atoms with Gasteiger partial charge in [-0.3, -0.25) is 24.0 Å². The van der Waals surface area contributed by atoms with E-state index in [-0.39, 0.29) is 38.0 Å². The van der Waals surface area contributed by atoms with E-state index in [1.54, 1.807) is 13.8 Å².